The van der Waals surface area contributed by atoms with Gasteiger partial charge in [0.25, 0.3) is 0 Å². The molecule has 1 N–H and O–H groups in total. The van der Waals surface area contributed by atoms with Crippen LogP contribution < -0.4 is 5.32 Å². The van der Waals surface area contributed by atoms with Crippen molar-refractivity contribution >= 4 is 17.4 Å². The molecule has 25 heavy (non-hydrogen) atoms. The van der Waals surface area contributed by atoms with E-state index in [1.807, 2.05) is 31.2 Å². The van der Waals surface area contributed by atoms with E-state index in [2.05, 4.69) is 20.7 Å². The van der Waals surface area contributed by atoms with E-state index in [-0.39, 0.29) is 18.2 Å². The van der Waals surface area contributed by atoms with Crippen LogP contribution in [-0.2, 0) is 11.3 Å². The summed E-state index contributed by atoms with van der Waals surface area (Å²) in [6.07, 6.45) is 0. The number of carbonyl (C=O) groups excluding carboxylic acids is 2. The Morgan fingerprint density at radius 1 is 1.12 bits per heavy atom. The zero-order valence-electron chi connectivity index (χ0n) is 13.9. The van der Waals surface area contributed by atoms with E-state index in [1.54, 1.807) is 24.3 Å². The van der Waals surface area contributed by atoms with Crippen LogP contribution in [-0.4, -0.2) is 31.9 Å². The molecule has 0 aliphatic carbocycles. The Hall–Kier alpha value is -3.35. The lowest BCUT2D eigenvalue weighted by molar-refractivity contribution is -0.117. The van der Waals surface area contributed by atoms with Crippen LogP contribution in [0.5, 0.6) is 0 Å². The first-order valence-electron chi connectivity index (χ1n) is 7.77. The molecule has 1 heterocycles. The number of anilines is 1. The van der Waals surface area contributed by atoms with Crippen molar-refractivity contribution in [2.24, 2.45) is 0 Å². The number of tetrazole rings is 1. The summed E-state index contributed by atoms with van der Waals surface area (Å²) in [4.78, 5) is 24.8. The van der Waals surface area contributed by atoms with Gasteiger partial charge in [0.1, 0.15) is 6.54 Å². The smallest absolute Gasteiger partial charge is 0.248 e. The highest BCUT2D eigenvalue weighted by atomic mass is 16.2. The Kier molecular flexibility index (Phi) is 4.65. The first-order chi connectivity index (χ1) is 12.0. The molecule has 0 spiro atoms. The minimum absolute atomic E-state index is 0.0585. The van der Waals surface area contributed by atoms with Gasteiger partial charge in [-0.15, -0.1) is 10.2 Å². The number of benzene rings is 2. The average molecular weight is 335 g/mol. The van der Waals surface area contributed by atoms with E-state index in [4.69, 9.17) is 0 Å². The zero-order valence-corrected chi connectivity index (χ0v) is 13.9. The number of ketones is 1. The van der Waals surface area contributed by atoms with Crippen LogP contribution in [0.1, 0.15) is 22.8 Å². The molecule has 3 aromatic rings. The number of Topliss-reactive ketones (excluding diaryl/α,β-unsaturated/α-hetero) is 1. The number of carbonyl (C=O) groups is 2. The fourth-order valence-electron chi connectivity index (χ4n) is 2.27. The molecule has 1 amide bonds. The number of rotatable bonds is 5. The molecular weight excluding hydrogens is 318 g/mol. The fourth-order valence-corrected chi connectivity index (χ4v) is 2.27. The van der Waals surface area contributed by atoms with Crippen LogP contribution in [0, 0.1) is 6.92 Å². The normalized spacial score (nSPS) is 10.5. The maximum absolute atomic E-state index is 12.1. The van der Waals surface area contributed by atoms with Gasteiger partial charge < -0.3 is 5.32 Å². The van der Waals surface area contributed by atoms with Crippen molar-refractivity contribution in [3.63, 3.8) is 0 Å². The highest BCUT2D eigenvalue weighted by Crippen LogP contribution is 2.14. The van der Waals surface area contributed by atoms with Gasteiger partial charge in [0, 0.05) is 16.8 Å². The first-order valence-corrected chi connectivity index (χ1v) is 7.77. The largest absolute Gasteiger partial charge is 0.324 e. The predicted octanol–water partition coefficient (Wildman–Crippen LogP) is 2.49. The molecule has 126 valence electrons. The molecule has 0 saturated heterocycles. The third-order valence-electron chi connectivity index (χ3n) is 3.60. The lowest BCUT2D eigenvalue weighted by Gasteiger charge is -2.05. The molecule has 0 atom stereocenters. The summed E-state index contributed by atoms with van der Waals surface area (Å²) >= 11 is 0. The van der Waals surface area contributed by atoms with E-state index < -0.39 is 0 Å². The van der Waals surface area contributed by atoms with Gasteiger partial charge >= 0.3 is 0 Å². The van der Waals surface area contributed by atoms with E-state index in [1.165, 1.54) is 11.7 Å². The molecule has 0 radical (unpaired) electrons. The summed E-state index contributed by atoms with van der Waals surface area (Å²) in [5, 5.41) is 14.8. The number of nitrogens with one attached hydrogen (secondary N) is 1. The van der Waals surface area contributed by atoms with Gasteiger partial charge in [-0.25, -0.2) is 0 Å². The standard InChI is InChI=1S/C18H17N5O2/c1-12-6-8-14(9-7-12)18-20-22-23(21-18)11-17(25)19-16-5-3-4-15(10-16)13(2)24/h3-10H,11H2,1-2H3,(H,19,25). The fraction of sp³-hybridized carbons (Fsp3) is 0.167. The second-order valence-corrected chi connectivity index (χ2v) is 5.69. The van der Waals surface area contributed by atoms with Crippen LogP contribution in [0.4, 0.5) is 5.69 Å². The van der Waals surface area contributed by atoms with Crippen molar-refractivity contribution < 1.29 is 9.59 Å². The summed E-state index contributed by atoms with van der Waals surface area (Å²) in [7, 11) is 0. The van der Waals surface area contributed by atoms with Crippen molar-refractivity contribution in [2.45, 2.75) is 20.4 Å². The first kappa shape index (κ1) is 16.5. The Morgan fingerprint density at radius 3 is 2.60 bits per heavy atom. The molecule has 7 nitrogen and oxygen atoms in total. The van der Waals surface area contributed by atoms with Gasteiger partial charge in [-0.05, 0) is 31.2 Å². The van der Waals surface area contributed by atoms with Crippen LogP contribution in [0.3, 0.4) is 0 Å². The number of nitrogens with zero attached hydrogens (tertiary/aromatic N) is 4. The average Bonchev–Trinajstić information content (AvgIpc) is 3.04. The number of hydrogen-bond acceptors (Lipinski definition) is 5. The Labute approximate surface area is 144 Å². The maximum atomic E-state index is 12.1. The topological polar surface area (TPSA) is 89.8 Å². The molecule has 0 aliphatic heterocycles. The molecule has 0 bridgehead atoms. The number of amides is 1. The minimum Gasteiger partial charge on any atom is -0.324 e. The maximum Gasteiger partial charge on any atom is 0.248 e. The Balaban J connectivity index is 1.66. The zero-order chi connectivity index (χ0) is 17.8. The van der Waals surface area contributed by atoms with Gasteiger partial charge in [0.05, 0.1) is 0 Å². The molecule has 0 saturated carbocycles. The third kappa shape index (κ3) is 4.14. The van der Waals surface area contributed by atoms with Crippen LogP contribution >= 0.6 is 0 Å². The molecular formula is C18H17N5O2. The molecule has 0 fully saturated rings. The van der Waals surface area contributed by atoms with Crippen molar-refractivity contribution in [3.05, 3.63) is 59.7 Å². The van der Waals surface area contributed by atoms with E-state index in [0.29, 0.717) is 17.1 Å². The Bertz CT molecular complexity index is 915. The van der Waals surface area contributed by atoms with Gasteiger partial charge in [-0.2, -0.15) is 4.80 Å². The van der Waals surface area contributed by atoms with E-state index in [0.717, 1.165) is 11.1 Å². The Morgan fingerprint density at radius 2 is 1.88 bits per heavy atom. The van der Waals surface area contributed by atoms with E-state index in [9.17, 15) is 9.59 Å². The van der Waals surface area contributed by atoms with Crippen LogP contribution in [0.2, 0.25) is 0 Å². The molecule has 0 unspecified atom stereocenters. The lowest BCUT2D eigenvalue weighted by atomic mass is 10.1. The summed E-state index contributed by atoms with van der Waals surface area (Å²) < 4.78 is 0. The minimum atomic E-state index is -0.298. The lowest BCUT2D eigenvalue weighted by Crippen LogP contribution is -2.20. The van der Waals surface area contributed by atoms with Crippen LogP contribution in [0.25, 0.3) is 11.4 Å². The van der Waals surface area contributed by atoms with E-state index >= 15 is 0 Å². The highest BCUT2D eigenvalue weighted by molar-refractivity contribution is 5.97. The quantitative estimate of drug-likeness (QED) is 0.724. The molecule has 3 rings (SSSR count). The summed E-state index contributed by atoms with van der Waals surface area (Å²) in [6.45, 7) is 3.41. The van der Waals surface area contributed by atoms with Gasteiger partial charge in [0.2, 0.25) is 11.7 Å². The van der Waals surface area contributed by atoms with Crippen molar-refractivity contribution in [1.29, 1.82) is 0 Å². The SMILES string of the molecule is CC(=O)c1cccc(NC(=O)Cn2nnc(-c3ccc(C)cc3)n2)c1. The second kappa shape index (κ2) is 7.04. The van der Waals surface area contributed by atoms with Gasteiger partial charge in [0.15, 0.2) is 5.78 Å². The van der Waals surface area contributed by atoms with Crippen molar-refractivity contribution in [1.82, 2.24) is 20.2 Å². The molecule has 7 heteroatoms. The summed E-state index contributed by atoms with van der Waals surface area (Å²) in [6, 6.07) is 14.5. The molecule has 1 aromatic heterocycles. The summed E-state index contributed by atoms with van der Waals surface area (Å²) in [5.41, 5.74) is 3.07. The van der Waals surface area contributed by atoms with Crippen LogP contribution in [0.15, 0.2) is 48.5 Å². The monoisotopic (exact) mass is 335 g/mol. The number of aryl methyl sites for hydroxylation is 1. The number of hydrogen-bond donors (Lipinski definition) is 1. The summed E-state index contributed by atoms with van der Waals surface area (Å²) in [5.74, 6) is 0.108. The molecule has 2 aromatic carbocycles. The molecule has 0 aliphatic rings. The second-order valence-electron chi connectivity index (χ2n) is 5.69. The predicted molar refractivity (Wildman–Crippen MR) is 93.1 cm³/mol. The van der Waals surface area contributed by atoms with Gasteiger partial charge in [-0.3, -0.25) is 9.59 Å². The van der Waals surface area contributed by atoms with Gasteiger partial charge in [-0.1, -0.05) is 42.0 Å². The third-order valence-corrected chi connectivity index (χ3v) is 3.60. The highest BCUT2D eigenvalue weighted by Gasteiger charge is 2.10. The van der Waals surface area contributed by atoms with Crippen molar-refractivity contribution in [2.75, 3.05) is 5.32 Å². The number of aromatic nitrogens is 4. The van der Waals surface area contributed by atoms with Crippen molar-refractivity contribution in [3.8, 4) is 11.4 Å².